The third kappa shape index (κ3) is 4.65. The molecule has 2 rings (SSSR count). The van der Waals surface area contributed by atoms with Gasteiger partial charge in [0.1, 0.15) is 12.3 Å². The molecule has 0 aliphatic rings. The van der Waals surface area contributed by atoms with Crippen molar-refractivity contribution in [3.8, 4) is 0 Å². The molecule has 0 spiro atoms. The Labute approximate surface area is 154 Å². The maximum absolute atomic E-state index is 11.9. The minimum Gasteiger partial charge on any atom is -0.394 e. The number of aliphatic hydroxyl groups is 1. The van der Waals surface area contributed by atoms with E-state index in [1.165, 1.54) is 18.0 Å². The van der Waals surface area contributed by atoms with Gasteiger partial charge in [-0.05, 0) is 25.2 Å². The van der Waals surface area contributed by atoms with Crippen molar-refractivity contribution in [2.45, 2.75) is 38.7 Å². The van der Waals surface area contributed by atoms with Gasteiger partial charge in [0.2, 0.25) is 5.95 Å². The van der Waals surface area contributed by atoms with Gasteiger partial charge in [-0.2, -0.15) is 4.98 Å². The molecule has 13 heteroatoms. The van der Waals surface area contributed by atoms with Crippen LogP contribution in [0.15, 0.2) is 11.1 Å². The van der Waals surface area contributed by atoms with Crippen LogP contribution in [0.4, 0.5) is 5.95 Å². The molecule has 0 aromatic carbocycles. The molecule has 0 aliphatic carbocycles. The topological polar surface area (TPSA) is 158 Å². The first kappa shape index (κ1) is 20.9. The molecule has 146 valence electrons. The van der Waals surface area contributed by atoms with Crippen LogP contribution in [0.25, 0.3) is 11.2 Å². The Morgan fingerprint density at radius 3 is 2.77 bits per heavy atom. The number of rotatable bonds is 9. The summed E-state index contributed by atoms with van der Waals surface area (Å²) in [5, 5.41) is 9.58. The predicted molar refractivity (Wildman–Crippen MR) is 97.9 cm³/mol. The first-order valence-electron chi connectivity index (χ1n) is 7.78. The molecule has 4 atom stereocenters. The monoisotopic (exact) mass is 407 g/mol. The number of aromatic amines is 1. The molecule has 26 heavy (non-hydrogen) atoms. The highest BCUT2D eigenvalue weighted by Gasteiger charge is 2.29. The van der Waals surface area contributed by atoms with Crippen LogP contribution in [0.2, 0.25) is 0 Å². The number of aromatic nitrogens is 4. The van der Waals surface area contributed by atoms with Gasteiger partial charge in [-0.3, -0.25) is 14.3 Å². The number of imidazole rings is 1. The minimum atomic E-state index is -3.47. The smallest absolute Gasteiger partial charge is 0.324 e. The average molecular weight is 407 g/mol. The normalized spacial score (nSPS) is 17.7. The number of fused-ring (bicyclic) bond motifs is 1. The van der Waals surface area contributed by atoms with Crippen molar-refractivity contribution in [1.82, 2.24) is 19.5 Å². The molecule has 0 fully saturated rings. The van der Waals surface area contributed by atoms with Crippen molar-refractivity contribution in [1.29, 1.82) is 0 Å². The van der Waals surface area contributed by atoms with E-state index in [4.69, 9.17) is 31.3 Å². The Morgan fingerprint density at radius 2 is 2.19 bits per heavy atom. The summed E-state index contributed by atoms with van der Waals surface area (Å²) in [5.41, 5.74) is 5.52. The van der Waals surface area contributed by atoms with Gasteiger partial charge >= 0.3 is 6.72 Å². The molecule has 2 aromatic heterocycles. The number of aliphatic hydroxyl groups excluding tert-OH is 1. The highest BCUT2D eigenvalue weighted by atomic mass is 32.5. The lowest BCUT2D eigenvalue weighted by Gasteiger charge is -2.30. The van der Waals surface area contributed by atoms with Crippen molar-refractivity contribution in [3.05, 3.63) is 16.7 Å². The number of nitrogen functional groups attached to an aromatic ring is 1. The van der Waals surface area contributed by atoms with E-state index in [-0.39, 0.29) is 17.1 Å². The summed E-state index contributed by atoms with van der Waals surface area (Å²) in [5.74, 6) is -0.0406. The second-order valence-corrected chi connectivity index (χ2v) is 8.33. The summed E-state index contributed by atoms with van der Waals surface area (Å²) < 4.78 is 17.5. The van der Waals surface area contributed by atoms with E-state index in [0.717, 1.165) is 0 Å². The van der Waals surface area contributed by atoms with E-state index in [1.54, 1.807) is 6.92 Å². The van der Waals surface area contributed by atoms with Crippen molar-refractivity contribution < 1.29 is 23.8 Å². The second-order valence-electron chi connectivity index (χ2n) is 5.43. The first-order chi connectivity index (χ1) is 12.2. The average Bonchev–Trinajstić information content (AvgIpc) is 3.01. The van der Waals surface area contributed by atoms with Crippen molar-refractivity contribution in [2.75, 3.05) is 19.5 Å². The van der Waals surface area contributed by atoms with Crippen molar-refractivity contribution in [3.63, 3.8) is 0 Å². The van der Waals surface area contributed by atoms with Gasteiger partial charge in [0.05, 0.1) is 19.0 Å². The number of nitrogens with two attached hydrogens (primary N) is 1. The van der Waals surface area contributed by atoms with Crippen LogP contribution in [-0.2, 0) is 25.6 Å². The van der Waals surface area contributed by atoms with Gasteiger partial charge in [0, 0.05) is 7.11 Å². The summed E-state index contributed by atoms with van der Waals surface area (Å²) in [6.07, 6.45) is -0.261. The Balaban J connectivity index is 2.25. The van der Waals surface area contributed by atoms with Crippen LogP contribution >= 0.6 is 6.72 Å². The predicted octanol–water partition coefficient (Wildman–Crippen LogP) is 0.256. The largest absolute Gasteiger partial charge is 0.394 e. The Kier molecular flexibility index (Phi) is 6.86. The van der Waals surface area contributed by atoms with Crippen LogP contribution < -0.4 is 11.3 Å². The third-order valence-electron chi connectivity index (χ3n) is 3.71. The molecule has 0 radical (unpaired) electrons. The van der Waals surface area contributed by atoms with Crippen LogP contribution in [0.3, 0.4) is 0 Å². The quantitative estimate of drug-likeness (QED) is 0.425. The summed E-state index contributed by atoms with van der Waals surface area (Å²) in [4.78, 5) is 32.2. The van der Waals surface area contributed by atoms with Gasteiger partial charge in [-0.25, -0.2) is 4.98 Å². The molecular weight excluding hydrogens is 385 g/mol. The maximum atomic E-state index is 11.9. The van der Waals surface area contributed by atoms with Crippen molar-refractivity contribution >= 4 is 35.6 Å². The number of H-pyrrole nitrogens is 1. The maximum Gasteiger partial charge on any atom is 0.324 e. The Hall–Kier alpha value is -1.40. The van der Waals surface area contributed by atoms with E-state index in [1.807, 2.05) is 6.92 Å². The lowest BCUT2D eigenvalue weighted by molar-refractivity contribution is -0.104. The SMILES string of the molecule is CC[C@H](OC(C)n1cnc2c(=O)[nH]c(N)nc21)C(CO)OP(O)(=S)OC. The van der Waals surface area contributed by atoms with Gasteiger partial charge in [0.15, 0.2) is 11.2 Å². The lowest BCUT2D eigenvalue weighted by Crippen LogP contribution is -2.35. The molecule has 0 saturated carbocycles. The first-order valence-corrected chi connectivity index (χ1v) is 10.4. The molecule has 0 aliphatic heterocycles. The summed E-state index contributed by atoms with van der Waals surface area (Å²) in [6, 6.07) is 0. The fourth-order valence-corrected chi connectivity index (χ4v) is 3.37. The number of hydrogen-bond acceptors (Lipinski definition) is 9. The van der Waals surface area contributed by atoms with Crippen LogP contribution in [-0.4, -0.2) is 55.4 Å². The number of hydrogen-bond donors (Lipinski definition) is 4. The zero-order valence-corrected chi connectivity index (χ0v) is 16.2. The van der Waals surface area contributed by atoms with Gasteiger partial charge in [-0.15, -0.1) is 0 Å². The molecule has 0 saturated heterocycles. The molecule has 5 N–H and O–H groups in total. The van der Waals surface area contributed by atoms with E-state index in [2.05, 4.69) is 15.0 Å². The molecule has 0 bridgehead atoms. The standard InChI is InChI=1S/C13H22N5O6PS/c1-4-8(9(5-19)24-25(21,26)22-3)23-7(2)18-6-15-10-11(18)16-13(14)17-12(10)20/h6-9,19H,4-5H2,1-3H3,(H,21,26)(H3,14,16,17,20)/t7?,8-,9?,25?/m0/s1. The lowest BCUT2D eigenvalue weighted by atomic mass is 10.1. The van der Waals surface area contributed by atoms with Crippen LogP contribution in [0, 0.1) is 0 Å². The number of ether oxygens (including phenoxy) is 1. The number of anilines is 1. The highest BCUT2D eigenvalue weighted by Crippen LogP contribution is 2.44. The number of nitrogens with zero attached hydrogens (tertiary/aromatic N) is 3. The summed E-state index contributed by atoms with van der Waals surface area (Å²) >= 11 is 4.82. The van der Waals surface area contributed by atoms with Crippen LogP contribution in [0.1, 0.15) is 26.5 Å². The minimum absolute atomic E-state index is 0.0406. The highest BCUT2D eigenvalue weighted by molar-refractivity contribution is 8.07. The Morgan fingerprint density at radius 1 is 1.50 bits per heavy atom. The van der Waals surface area contributed by atoms with E-state index in [0.29, 0.717) is 6.42 Å². The van der Waals surface area contributed by atoms with Gasteiger partial charge < -0.3 is 29.5 Å². The van der Waals surface area contributed by atoms with E-state index < -0.39 is 37.3 Å². The van der Waals surface area contributed by atoms with Crippen LogP contribution in [0.5, 0.6) is 0 Å². The van der Waals surface area contributed by atoms with Gasteiger partial charge in [-0.1, -0.05) is 6.92 Å². The van der Waals surface area contributed by atoms with Crippen molar-refractivity contribution in [2.24, 2.45) is 0 Å². The fourth-order valence-electron chi connectivity index (χ4n) is 2.41. The van der Waals surface area contributed by atoms with E-state index in [9.17, 15) is 14.8 Å². The molecule has 2 heterocycles. The fraction of sp³-hybridized carbons (Fsp3) is 0.615. The second kappa shape index (κ2) is 8.53. The summed E-state index contributed by atoms with van der Waals surface area (Å²) in [7, 11) is 1.23. The molecule has 2 aromatic rings. The third-order valence-corrected chi connectivity index (χ3v) is 5.41. The van der Waals surface area contributed by atoms with Gasteiger partial charge in [0.25, 0.3) is 5.56 Å². The molecule has 3 unspecified atom stereocenters. The summed E-state index contributed by atoms with van der Waals surface area (Å²) in [6.45, 7) is -0.362. The zero-order chi connectivity index (χ0) is 19.5. The zero-order valence-electron chi connectivity index (χ0n) is 14.5. The molecule has 11 nitrogen and oxygen atoms in total. The Bertz CT molecular complexity index is 857. The van der Waals surface area contributed by atoms with E-state index >= 15 is 0 Å². The molecule has 0 amide bonds. The number of nitrogens with one attached hydrogen (secondary N) is 1. The molecular formula is C13H22N5O6PS.